The second kappa shape index (κ2) is 5.08. The molecule has 0 aromatic carbocycles. The topological polar surface area (TPSA) is 25.1 Å². The fraction of sp³-hybridized carbons (Fsp3) is 1.00. The van der Waals surface area contributed by atoms with Gasteiger partial charge in [-0.2, -0.15) is 11.8 Å². The molecule has 0 N–H and O–H groups in total. The zero-order valence-corrected chi connectivity index (χ0v) is 11.7. The normalized spacial score (nSPS) is 38.0. The van der Waals surface area contributed by atoms with Crippen LogP contribution >= 0.6 is 35.3 Å². The lowest BCUT2D eigenvalue weighted by Gasteiger charge is -2.06. The number of ether oxygens (including phenoxy) is 2. The van der Waals surface area contributed by atoms with E-state index >= 15 is 0 Å². The Bertz CT molecular complexity index is 193. The Hall–Kier alpha value is 0.970. The van der Waals surface area contributed by atoms with Gasteiger partial charge in [-0.1, -0.05) is 0 Å². The van der Waals surface area contributed by atoms with Gasteiger partial charge >= 0.3 is 0 Å². The Labute approximate surface area is 105 Å². The number of rotatable bonds is 8. The van der Waals surface area contributed by atoms with E-state index in [0.29, 0.717) is 0 Å². The van der Waals surface area contributed by atoms with Gasteiger partial charge in [0.25, 0.3) is 0 Å². The van der Waals surface area contributed by atoms with Crippen LogP contribution in [0, 0.1) is 0 Å². The highest BCUT2D eigenvalue weighted by atomic mass is 32.2. The van der Waals surface area contributed by atoms with E-state index in [1.807, 2.05) is 35.3 Å². The molecule has 2 atom stereocenters. The number of epoxide rings is 2. The fourth-order valence-corrected chi connectivity index (χ4v) is 4.23. The van der Waals surface area contributed by atoms with Crippen molar-refractivity contribution < 1.29 is 9.47 Å². The quantitative estimate of drug-likeness (QED) is 0.497. The molecule has 0 aromatic heterocycles. The third kappa shape index (κ3) is 4.77. The molecular formula is C10H18O2S3. The van der Waals surface area contributed by atoms with Gasteiger partial charge in [0, 0.05) is 23.0 Å². The summed E-state index contributed by atoms with van der Waals surface area (Å²) in [4.78, 5) is 0.343. The molecule has 88 valence electrons. The van der Waals surface area contributed by atoms with Gasteiger partial charge in [-0.15, -0.1) is 23.5 Å². The van der Waals surface area contributed by atoms with Crippen molar-refractivity contribution in [2.75, 3.05) is 36.2 Å². The largest absolute Gasteiger partial charge is 0.358 e. The fourth-order valence-electron chi connectivity index (χ4n) is 1.10. The van der Waals surface area contributed by atoms with Crippen LogP contribution in [-0.4, -0.2) is 46.1 Å². The molecule has 5 heteroatoms. The first-order valence-electron chi connectivity index (χ1n) is 5.26. The average molecular weight is 266 g/mol. The van der Waals surface area contributed by atoms with E-state index in [-0.39, 0.29) is 9.87 Å². The van der Waals surface area contributed by atoms with Crippen LogP contribution in [0.2, 0.25) is 0 Å². The molecule has 0 aliphatic carbocycles. The summed E-state index contributed by atoms with van der Waals surface area (Å²) in [5.74, 6) is 4.89. The third-order valence-corrected chi connectivity index (χ3v) is 6.38. The van der Waals surface area contributed by atoms with Crippen LogP contribution in [0.25, 0.3) is 0 Å². The summed E-state index contributed by atoms with van der Waals surface area (Å²) < 4.78 is 10.6. The van der Waals surface area contributed by atoms with Crippen LogP contribution < -0.4 is 0 Å². The molecule has 0 spiro atoms. The van der Waals surface area contributed by atoms with Crippen LogP contribution in [0.1, 0.15) is 13.8 Å². The molecule has 2 heterocycles. The summed E-state index contributed by atoms with van der Waals surface area (Å²) in [6.45, 7) is 6.22. The predicted octanol–water partition coefficient (Wildman–Crippen LogP) is 2.68. The molecule has 2 aliphatic heterocycles. The van der Waals surface area contributed by atoms with Crippen molar-refractivity contribution in [1.82, 2.24) is 0 Å². The highest BCUT2D eigenvalue weighted by Gasteiger charge is 2.40. The molecule has 0 radical (unpaired) electrons. The van der Waals surface area contributed by atoms with Gasteiger partial charge in [-0.05, 0) is 13.8 Å². The Morgan fingerprint density at radius 2 is 1.27 bits per heavy atom. The molecule has 0 aromatic rings. The minimum Gasteiger partial charge on any atom is -0.358 e. The van der Waals surface area contributed by atoms with Crippen LogP contribution in [0.3, 0.4) is 0 Å². The second-order valence-electron chi connectivity index (χ2n) is 4.15. The van der Waals surface area contributed by atoms with Crippen molar-refractivity contribution in [2.45, 2.75) is 23.7 Å². The lowest BCUT2D eigenvalue weighted by Crippen LogP contribution is -2.02. The first-order valence-corrected chi connectivity index (χ1v) is 8.38. The lowest BCUT2D eigenvalue weighted by atomic mass is 10.6. The molecule has 0 bridgehead atoms. The molecule has 2 saturated heterocycles. The second-order valence-corrected chi connectivity index (χ2v) is 8.50. The minimum absolute atomic E-state index is 0.171. The first-order chi connectivity index (χ1) is 7.12. The predicted molar refractivity (Wildman–Crippen MR) is 71.0 cm³/mol. The van der Waals surface area contributed by atoms with Gasteiger partial charge in [0.15, 0.2) is 0 Å². The summed E-state index contributed by atoms with van der Waals surface area (Å²) in [7, 11) is 0. The standard InChI is InChI=1S/C10H18O2S3/c1-9(7-11-9)14-5-3-13-4-6-15-10(2)8-12-10/h3-8H2,1-2H3. The van der Waals surface area contributed by atoms with Crippen molar-refractivity contribution >= 4 is 35.3 Å². The van der Waals surface area contributed by atoms with Crippen LogP contribution in [-0.2, 0) is 9.47 Å². The monoisotopic (exact) mass is 266 g/mol. The summed E-state index contributed by atoms with van der Waals surface area (Å²) in [5, 5.41) is 0. The summed E-state index contributed by atoms with van der Waals surface area (Å²) >= 11 is 5.93. The van der Waals surface area contributed by atoms with Gasteiger partial charge in [0.1, 0.15) is 9.87 Å². The SMILES string of the molecule is CC1(SCCSCCSC2(C)CO2)CO1. The van der Waals surface area contributed by atoms with E-state index in [4.69, 9.17) is 9.47 Å². The first kappa shape index (κ1) is 12.4. The maximum Gasteiger partial charge on any atom is 0.134 e. The Morgan fingerprint density at radius 1 is 0.867 bits per heavy atom. The van der Waals surface area contributed by atoms with Crippen LogP contribution in [0.4, 0.5) is 0 Å². The maximum atomic E-state index is 5.31. The van der Waals surface area contributed by atoms with Gasteiger partial charge in [-0.3, -0.25) is 0 Å². The van der Waals surface area contributed by atoms with Crippen LogP contribution in [0.15, 0.2) is 0 Å². The lowest BCUT2D eigenvalue weighted by molar-refractivity contribution is 0.401. The molecule has 2 rings (SSSR count). The van der Waals surface area contributed by atoms with E-state index < -0.39 is 0 Å². The molecular weight excluding hydrogens is 248 g/mol. The summed E-state index contributed by atoms with van der Waals surface area (Å²) in [5.41, 5.74) is 0. The van der Waals surface area contributed by atoms with E-state index in [1.54, 1.807) is 0 Å². The minimum atomic E-state index is 0.171. The molecule has 15 heavy (non-hydrogen) atoms. The van der Waals surface area contributed by atoms with Crippen molar-refractivity contribution in [3.05, 3.63) is 0 Å². The number of hydrogen-bond donors (Lipinski definition) is 0. The Morgan fingerprint density at radius 3 is 1.60 bits per heavy atom. The number of thioether (sulfide) groups is 3. The summed E-state index contributed by atoms with van der Waals surface area (Å²) in [6, 6.07) is 0. The average Bonchev–Trinajstić information content (AvgIpc) is 3.08. The smallest absolute Gasteiger partial charge is 0.134 e. The molecule has 2 unspecified atom stereocenters. The molecule has 0 saturated carbocycles. The molecule has 2 fully saturated rings. The Balaban J connectivity index is 1.36. The highest BCUT2D eigenvalue weighted by molar-refractivity contribution is 8.05. The van der Waals surface area contributed by atoms with Gasteiger partial charge in [0.05, 0.1) is 13.2 Å². The maximum absolute atomic E-state index is 5.31. The Kier molecular flexibility index (Phi) is 4.21. The third-order valence-electron chi connectivity index (χ3n) is 2.37. The highest BCUT2D eigenvalue weighted by Crippen LogP contribution is 2.39. The molecule has 0 amide bonds. The van der Waals surface area contributed by atoms with Crippen molar-refractivity contribution in [3.8, 4) is 0 Å². The molecule has 2 nitrogen and oxygen atoms in total. The van der Waals surface area contributed by atoms with Gasteiger partial charge in [0.2, 0.25) is 0 Å². The van der Waals surface area contributed by atoms with E-state index in [0.717, 1.165) is 13.2 Å². The van der Waals surface area contributed by atoms with Gasteiger partial charge < -0.3 is 9.47 Å². The van der Waals surface area contributed by atoms with Crippen molar-refractivity contribution in [1.29, 1.82) is 0 Å². The number of hydrogen-bond acceptors (Lipinski definition) is 5. The van der Waals surface area contributed by atoms with E-state index in [1.165, 1.54) is 23.0 Å². The van der Waals surface area contributed by atoms with Gasteiger partial charge in [-0.25, -0.2) is 0 Å². The zero-order valence-electron chi connectivity index (χ0n) is 9.28. The van der Waals surface area contributed by atoms with E-state index in [9.17, 15) is 0 Å². The van der Waals surface area contributed by atoms with Crippen molar-refractivity contribution in [3.63, 3.8) is 0 Å². The molecule has 2 aliphatic rings. The zero-order chi connectivity index (χ0) is 10.8. The summed E-state index contributed by atoms with van der Waals surface area (Å²) in [6.07, 6.45) is 0. The van der Waals surface area contributed by atoms with Crippen LogP contribution in [0.5, 0.6) is 0 Å². The van der Waals surface area contributed by atoms with E-state index in [2.05, 4.69) is 13.8 Å². The van der Waals surface area contributed by atoms with Crippen molar-refractivity contribution in [2.24, 2.45) is 0 Å².